The van der Waals surface area contributed by atoms with Crippen molar-refractivity contribution in [2.75, 3.05) is 6.61 Å². The molecule has 2 aliphatic carbocycles. The number of hydrogen-bond acceptors (Lipinski definition) is 1. The molecule has 1 atom stereocenters. The summed E-state index contributed by atoms with van der Waals surface area (Å²) in [7, 11) is 0. The molecule has 166 valence electrons. The third-order valence-electron chi connectivity index (χ3n) is 7.53. The third kappa shape index (κ3) is 6.58. The number of allylic oxidation sites excluding steroid dienone is 2. The highest BCUT2D eigenvalue weighted by Gasteiger charge is 2.39. The lowest BCUT2D eigenvalue weighted by molar-refractivity contribution is -0.0646. The fourth-order valence-corrected chi connectivity index (χ4v) is 5.39. The lowest BCUT2D eigenvalue weighted by Crippen LogP contribution is -2.42. The molecule has 2 aliphatic rings. The van der Waals surface area contributed by atoms with Crippen LogP contribution in [-0.2, 0) is 4.74 Å². The molecule has 1 aromatic carbocycles. The average Bonchev–Trinajstić information content (AvgIpc) is 2.82. The molecule has 0 spiro atoms. The van der Waals surface area contributed by atoms with Crippen LogP contribution in [-0.4, -0.2) is 12.2 Å². The van der Waals surface area contributed by atoms with E-state index in [2.05, 4.69) is 62.4 Å². The van der Waals surface area contributed by atoms with Crippen molar-refractivity contribution < 1.29 is 4.74 Å². The summed E-state index contributed by atoms with van der Waals surface area (Å²) < 4.78 is 6.76. The van der Waals surface area contributed by atoms with Crippen molar-refractivity contribution in [2.45, 2.75) is 103 Å². The first-order valence-corrected chi connectivity index (χ1v) is 12.9. The zero-order valence-electron chi connectivity index (χ0n) is 19.6. The molecule has 0 N–H and O–H groups in total. The molecule has 0 amide bonds. The quantitative estimate of drug-likeness (QED) is 0.314. The van der Waals surface area contributed by atoms with Crippen LogP contribution in [0.1, 0.15) is 103 Å². The zero-order chi connectivity index (χ0) is 21.1. The molecule has 1 nitrogen and oxygen atoms in total. The van der Waals surface area contributed by atoms with E-state index < -0.39 is 0 Å². The van der Waals surface area contributed by atoms with E-state index in [1.807, 2.05) is 0 Å². The molecule has 1 aromatic rings. The molecule has 1 heteroatoms. The minimum atomic E-state index is -0.0702. The van der Waals surface area contributed by atoms with E-state index in [0.717, 1.165) is 18.9 Å². The standard InChI is InChI=1S/C29H44O/c1-3-5-6-7-8-9-13-24-30-29(28-18-16-25(4-2)17-19-28)22-20-27(21-23-29)26-14-11-10-12-15-26/h10-12,14-15,20-22,25,28H,3-9,13,16-19,23-24H2,1-2H3. The molecule has 0 aromatic heterocycles. The SMILES string of the molecule is CCCCCCCCCOC1(C2CCC(CC)CC2)C=CC(c2ccccc2)=CC1. The summed E-state index contributed by atoms with van der Waals surface area (Å²) in [5, 5.41) is 0. The normalized spacial score (nSPS) is 26.5. The van der Waals surface area contributed by atoms with Gasteiger partial charge in [-0.05, 0) is 48.7 Å². The van der Waals surface area contributed by atoms with Gasteiger partial charge in [0.05, 0.1) is 5.60 Å². The molecule has 0 heterocycles. The molecule has 30 heavy (non-hydrogen) atoms. The van der Waals surface area contributed by atoms with Crippen LogP contribution in [0.2, 0.25) is 0 Å². The van der Waals surface area contributed by atoms with E-state index in [1.165, 1.54) is 88.2 Å². The van der Waals surface area contributed by atoms with Gasteiger partial charge in [-0.25, -0.2) is 0 Å². The number of ether oxygens (including phenoxy) is 1. The largest absolute Gasteiger partial charge is 0.370 e. The Bertz CT molecular complexity index is 650. The second-order valence-corrected chi connectivity index (χ2v) is 9.61. The van der Waals surface area contributed by atoms with E-state index in [1.54, 1.807) is 0 Å². The smallest absolute Gasteiger partial charge is 0.0928 e. The topological polar surface area (TPSA) is 9.23 Å². The fraction of sp³-hybridized carbons (Fsp3) is 0.655. The zero-order valence-corrected chi connectivity index (χ0v) is 19.6. The Morgan fingerprint density at radius 2 is 1.57 bits per heavy atom. The van der Waals surface area contributed by atoms with Crippen molar-refractivity contribution in [2.24, 2.45) is 11.8 Å². The lowest BCUT2D eigenvalue weighted by Gasteiger charge is -2.43. The lowest BCUT2D eigenvalue weighted by atomic mass is 9.70. The highest BCUT2D eigenvalue weighted by atomic mass is 16.5. The Labute approximate surface area is 186 Å². The second kappa shape index (κ2) is 12.5. The van der Waals surface area contributed by atoms with E-state index in [9.17, 15) is 0 Å². The van der Waals surface area contributed by atoms with Gasteiger partial charge < -0.3 is 4.74 Å². The summed E-state index contributed by atoms with van der Waals surface area (Å²) in [5.74, 6) is 1.61. The summed E-state index contributed by atoms with van der Waals surface area (Å²) in [6.07, 6.45) is 24.4. The number of hydrogen-bond donors (Lipinski definition) is 0. The Morgan fingerprint density at radius 1 is 0.867 bits per heavy atom. The molecule has 3 rings (SSSR count). The number of rotatable bonds is 12. The van der Waals surface area contributed by atoms with Crippen LogP contribution in [0.3, 0.4) is 0 Å². The maximum Gasteiger partial charge on any atom is 0.0928 e. The van der Waals surface area contributed by atoms with E-state index in [-0.39, 0.29) is 5.60 Å². The van der Waals surface area contributed by atoms with Gasteiger partial charge in [-0.1, -0.05) is 120 Å². The maximum atomic E-state index is 6.76. The van der Waals surface area contributed by atoms with Gasteiger partial charge in [0.25, 0.3) is 0 Å². The van der Waals surface area contributed by atoms with Crippen LogP contribution in [0.5, 0.6) is 0 Å². The fourth-order valence-electron chi connectivity index (χ4n) is 5.39. The predicted octanol–water partition coefficient (Wildman–Crippen LogP) is 8.75. The van der Waals surface area contributed by atoms with Gasteiger partial charge >= 0.3 is 0 Å². The molecular formula is C29H44O. The van der Waals surface area contributed by atoms with Gasteiger partial charge in [0.2, 0.25) is 0 Å². The first-order chi connectivity index (χ1) is 14.8. The van der Waals surface area contributed by atoms with Crippen LogP contribution in [0, 0.1) is 11.8 Å². The summed E-state index contributed by atoms with van der Waals surface area (Å²) in [6, 6.07) is 10.8. The van der Waals surface area contributed by atoms with Gasteiger partial charge in [0.1, 0.15) is 0 Å². The number of unbranched alkanes of at least 4 members (excludes halogenated alkanes) is 6. The summed E-state index contributed by atoms with van der Waals surface area (Å²) in [4.78, 5) is 0. The van der Waals surface area contributed by atoms with Crippen LogP contribution >= 0.6 is 0 Å². The summed E-state index contributed by atoms with van der Waals surface area (Å²) in [6.45, 7) is 5.56. The van der Waals surface area contributed by atoms with Crippen molar-refractivity contribution in [3.05, 3.63) is 54.1 Å². The Kier molecular flexibility index (Phi) is 9.72. The molecule has 0 aliphatic heterocycles. The highest BCUT2D eigenvalue weighted by molar-refractivity contribution is 5.75. The van der Waals surface area contributed by atoms with Gasteiger partial charge in [-0.15, -0.1) is 0 Å². The molecule has 0 radical (unpaired) electrons. The van der Waals surface area contributed by atoms with Gasteiger partial charge in [0.15, 0.2) is 0 Å². The highest BCUT2D eigenvalue weighted by Crippen LogP contribution is 2.44. The van der Waals surface area contributed by atoms with Crippen molar-refractivity contribution in [3.8, 4) is 0 Å². The van der Waals surface area contributed by atoms with Gasteiger partial charge in [-0.3, -0.25) is 0 Å². The molecule has 1 saturated carbocycles. The Balaban J connectivity index is 1.57. The molecule has 1 unspecified atom stereocenters. The third-order valence-corrected chi connectivity index (χ3v) is 7.53. The summed E-state index contributed by atoms with van der Waals surface area (Å²) in [5.41, 5.74) is 2.61. The molecule has 0 saturated heterocycles. The van der Waals surface area contributed by atoms with Crippen molar-refractivity contribution >= 4 is 5.57 Å². The van der Waals surface area contributed by atoms with E-state index in [0.29, 0.717) is 5.92 Å². The molecular weight excluding hydrogens is 364 g/mol. The van der Waals surface area contributed by atoms with Crippen molar-refractivity contribution in [1.29, 1.82) is 0 Å². The van der Waals surface area contributed by atoms with Crippen molar-refractivity contribution in [1.82, 2.24) is 0 Å². The van der Waals surface area contributed by atoms with Crippen LogP contribution in [0.4, 0.5) is 0 Å². The van der Waals surface area contributed by atoms with Crippen molar-refractivity contribution in [3.63, 3.8) is 0 Å². The van der Waals surface area contributed by atoms with Gasteiger partial charge in [0, 0.05) is 6.61 Å². The summed E-state index contributed by atoms with van der Waals surface area (Å²) >= 11 is 0. The van der Waals surface area contributed by atoms with Gasteiger partial charge in [-0.2, -0.15) is 0 Å². The Morgan fingerprint density at radius 3 is 2.20 bits per heavy atom. The van der Waals surface area contributed by atoms with Crippen LogP contribution < -0.4 is 0 Å². The monoisotopic (exact) mass is 408 g/mol. The van der Waals surface area contributed by atoms with Crippen LogP contribution in [0.25, 0.3) is 5.57 Å². The maximum absolute atomic E-state index is 6.76. The first-order valence-electron chi connectivity index (χ1n) is 12.9. The van der Waals surface area contributed by atoms with Crippen LogP contribution in [0.15, 0.2) is 48.6 Å². The predicted molar refractivity (Wildman–Crippen MR) is 131 cm³/mol. The first kappa shape index (κ1) is 23.3. The minimum absolute atomic E-state index is 0.0702. The van der Waals surface area contributed by atoms with E-state index in [4.69, 9.17) is 4.74 Å². The Hall–Kier alpha value is -1.34. The minimum Gasteiger partial charge on any atom is -0.370 e. The second-order valence-electron chi connectivity index (χ2n) is 9.61. The number of benzene rings is 1. The average molecular weight is 409 g/mol. The van der Waals surface area contributed by atoms with E-state index >= 15 is 0 Å². The molecule has 1 fully saturated rings. The molecule has 0 bridgehead atoms.